The number of carbonyl (C=O) groups is 2. The van der Waals surface area contributed by atoms with Gasteiger partial charge in [0.15, 0.2) is 0 Å². The van der Waals surface area contributed by atoms with E-state index in [1.807, 2.05) is 32.0 Å². The van der Waals surface area contributed by atoms with Crippen molar-refractivity contribution in [3.05, 3.63) is 35.9 Å². The highest BCUT2D eigenvalue weighted by molar-refractivity contribution is 5.86. The highest BCUT2D eigenvalue weighted by Gasteiger charge is 2.23. The lowest BCUT2D eigenvalue weighted by atomic mass is 9.90. The molecule has 1 amide bonds. The summed E-state index contributed by atoms with van der Waals surface area (Å²) >= 11 is 0. The Bertz CT molecular complexity index is 480. The normalized spacial score (nSPS) is 12.4. The van der Waals surface area contributed by atoms with Crippen LogP contribution >= 0.6 is 0 Å². The molecule has 0 heterocycles. The van der Waals surface area contributed by atoms with Crippen LogP contribution in [0.5, 0.6) is 0 Å². The quantitative estimate of drug-likeness (QED) is 0.704. The third kappa shape index (κ3) is 8.53. The van der Waals surface area contributed by atoms with Crippen LogP contribution in [0.4, 0.5) is 0 Å². The Labute approximate surface area is 140 Å². The van der Waals surface area contributed by atoms with E-state index in [4.69, 9.17) is 0 Å². The van der Waals surface area contributed by atoms with Gasteiger partial charge in [0.25, 0.3) is 0 Å². The first-order valence-electron chi connectivity index (χ1n) is 8.74. The van der Waals surface area contributed by atoms with Gasteiger partial charge in [-0.25, -0.2) is 0 Å². The van der Waals surface area contributed by atoms with Crippen LogP contribution in [0.2, 0.25) is 0 Å². The van der Waals surface area contributed by atoms with Crippen molar-refractivity contribution < 1.29 is 9.59 Å². The van der Waals surface area contributed by atoms with Gasteiger partial charge in [0.2, 0.25) is 5.91 Å². The van der Waals surface area contributed by atoms with E-state index in [1.165, 1.54) is 5.56 Å². The first kappa shape index (κ1) is 19.4. The molecule has 0 bridgehead atoms. The van der Waals surface area contributed by atoms with Gasteiger partial charge in [-0.1, -0.05) is 44.2 Å². The second kappa shape index (κ2) is 10.2. The maximum absolute atomic E-state index is 12.3. The number of Topliss-reactive ketones (excluding diaryl/α,β-unsaturated/α-hetero) is 1. The van der Waals surface area contributed by atoms with Crippen molar-refractivity contribution in [2.24, 2.45) is 11.8 Å². The molecule has 1 aromatic rings. The van der Waals surface area contributed by atoms with Crippen molar-refractivity contribution in [3.8, 4) is 0 Å². The minimum Gasteiger partial charge on any atom is -0.354 e. The minimum absolute atomic E-state index is 0.0186. The van der Waals surface area contributed by atoms with Gasteiger partial charge in [-0.05, 0) is 44.6 Å². The van der Waals surface area contributed by atoms with Crippen molar-refractivity contribution in [2.75, 3.05) is 0 Å². The number of hydrogen-bond donors (Lipinski definition) is 1. The zero-order valence-electron chi connectivity index (χ0n) is 15.0. The standard InChI is InChI=1S/C20H31NO2/c1-15(2)13-18(20(23)21-16(3)4)14-19(22)12-8-11-17-9-6-5-7-10-17/h5-7,9-10,15-16,18H,8,11-14H2,1-4H3,(H,21,23). The lowest BCUT2D eigenvalue weighted by molar-refractivity contribution is -0.130. The van der Waals surface area contributed by atoms with Crippen LogP contribution in [-0.4, -0.2) is 17.7 Å². The molecule has 1 unspecified atom stereocenters. The number of amides is 1. The summed E-state index contributed by atoms with van der Waals surface area (Å²) in [7, 11) is 0. The van der Waals surface area contributed by atoms with E-state index < -0.39 is 0 Å². The average molecular weight is 317 g/mol. The highest BCUT2D eigenvalue weighted by Crippen LogP contribution is 2.18. The predicted octanol–water partition coefficient (Wildman–Crippen LogP) is 4.16. The Morgan fingerprint density at radius 1 is 1.04 bits per heavy atom. The summed E-state index contributed by atoms with van der Waals surface area (Å²) in [6, 6.07) is 10.3. The van der Waals surface area contributed by atoms with Gasteiger partial charge in [0.1, 0.15) is 5.78 Å². The number of benzene rings is 1. The van der Waals surface area contributed by atoms with E-state index in [9.17, 15) is 9.59 Å². The van der Waals surface area contributed by atoms with Gasteiger partial charge in [-0.15, -0.1) is 0 Å². The van der Waals surface area contributed by atoms with Crippen molar-refractivity contribution in [1.29, 1.82) is 0 Å². The molecule has 0 aromatic heterocycles. The summed E-state index contributed by atoms with van der Waals surface area (Å²) < 4.78 is 0. The third-order valence-electron chi connectivity index (χ3n) is 3.80. The average Bonchev–Trinajstić information content (AvgIpc) is 2.46. The molecule has 1 rings (SSSR count). The Hall–Kier alpha value is -1.64. The van der Waals surface area contributed by atoms with Crippen LogP contribution < -0.4 is 5.32 Å². The summed E-state index contributed by atoms with van der Waals surface area (Å²) in [6.45, 7) is 8.09. The molecule has 0 aliphatic heterocycles. The van der Waals surface area contributed by atoms with Gasteiger partial charge >= 0.3 is 0 Å². The van der Waals surface area contributed by atoms with E-state index in [2.05, 4.69) is 31.3 Å². The molecule has 1 aromatic carbocycles. The number of nitrogens with one attached hydrogen (secondary N) is 1. The topological polar surface area (TPSA) is 46.2 Å². The Kier molecular flexibility index (Phi) is 8.60. The van der Waals surface area contributed by atoms with Crippen LogP contribution in [0.3, 0.4) is 0 Å². The lowest BCUT2D eigenvalue weighted by Crippen LogP contribution is -2.37. The molecule has 0 aliphatic carbocycles. The van der Waals surface area contributed by atoms with E-state index >= 15 is 0 Å². The number of aryl methyl sites for hydroxylation is 1. The van der Waals surface area contributed by atoms with Crippen molar-refractivity contribution >= 4 is 11.7 Å². The molecule has 0 saturated heterocycles. The number of hydrogen-bond acceptors (Lipinski definition) is 2. The molecule has 3 nitrogen and oxygen atoms in total. The molecule has 0 spiro atoms. The molecule has 128 valence electrons. The van der Waals surface area contributed by atoms with Crippen molar-refractivity contribution in [1.82, 2.24) is 5.32 Å². The summed E-state index contributed by atoms with van der Waals surface area (Å²) in [6.07, 6.45) is 3.45. The zero-order chi connectivity index (χ0) is 17.2. The second-order valence-corrected chi connectivity index (χ2v) is 7.07. The van der Waals surface area contributed by atoms with Crippen LogP contribution in [-0.2, 0) is 16.0 Å². The Morgan fingerprint density at radius 2 is 1.70 bits per heavy atom. The van der Waals surface area contributed by atoms with Gasteiger partial charge in [0, 0.05) is 24.8 Å². The molecule has 0 radical (unpaired) electrons. The Balaban J connectivity index is 2.44. The largest absolute Gasteiger partial charge is 0.354 e. The zero-order valence-corrected chi connectivity index (χ0v) is 15.0. The molecule has 0 saturated carbocycles. The van der Waals surface area contributed by atoms with Crippen molar-refractivity contribution in [3.63, 3.8) is 0 Å². The van der Waals surface area contributed by atoms with Gasteiger partial charge < -0.3 is 5.32 Å². The lowest BCUT2D eigenvalue weighted by Gasteiger charge is -2.19. The fourth-order valence-electron chi connectivity index (χ4n) is 2.77. The summed E-state index contributed by atoms with van der Waals surface area (Å²) in [4.78, 5) is 24.5. The molecule has 1 atom stereocenters. The van der Waals surface area contributed by atoms with E-state index in [1.54, 1.807) is 0 Å². The molecular weight excluding hydrogens is 286 g/mol. The number of carbonyl (C=O) groups excluding carboxylic acids is 2. The van der Waals surface area contributed by atoms with Crippen molar-refractivity contribution in [2.45, 2.75) is 65.8 Å². The van der Waals surface area contributed by atoms with E-state index in [0.717, 1.165) is 19.3 Å². The smallest absolute Gasteiger partial charge is 0.223 e. The molecule has 3 heteroatoms. The summed E-state index contributed by atoms with van der Waals surface area (Å²) in [5, 5.41) is 2.94. The van der Waals surface area contributed by atoms with Crippen LogP contribution in [0.1, 0.15) is 58.9 Å². The van der Waals surface area contributed by atoms with E-state index in [0.29, 0.717) is 18.8 Å². The first-order valence-corrected chi connectivity index (χ1v) is 8.74. The highest BCUT2D eigenvalue weighted by atomic mass is 16.2. The van der Waals surface area contributed by atoms with Crippen LogP contribution in [0, 0.1) is 11.8 Å². The molecule has 0 aliphatic rings. The number of ketones is 1. The van der Waals surface area contributed by atoms with Gasteiger partial charge in [-0.2, -0.15) is 0 Å². The predicted molar refractivity (Wildman–Crippen MR) is 95.2 cm³/mol. The van der Waals surface area contributed by atoms with Crippen LogP contribution in [0.25, 0.3) is 0 Å². The third-order valence-corrected chi connectivity index (χ3v) is 3.80. The van der Waals surface area contributed by atoms with Gasteiger partial charge in [0.05, 0.1) is 0 Å². The SMILES string of the molecule is CC(C)CC(CC(=O)CCCc1ccccc1)C(=O)NC(C)C. The maximum atomic E-state index is 12.3. The Morgan fingerprint density at radius 3 is 2.26 bits per heavy atom. The monoisotopic (exact) mass is 317 g/mol. The fraction of sp³-hybridized carbons (Fsp3) is 0.600. The molecule has 23 heavy (non-hydrogen) atoms. The molecular formula is C20H31NO2. The first-order chi connectivity index (χ1) is 10.9. The number of rotatable bonds is 10. The minimum atomic E-state index is -0.193. The summed E-state index contributed by atoms with van der Waals surface area (Å²) in [5.41, 5.74) is 1.26. The maximum Gasteiger partial charge on any atom is 0.223 e. The molecule has 1 N–H and O–H groups in total. The fourth-order valence-corrected chi connectivity index (χ4v) is 2.77. The summed E-state index contributed by atoms with van der Waals surface area (Å²) in [5.74, 6) is 0.437. The van der Waals surface area contributed by atoms with Crippen LogP contribution in [0.15, 0.2) is 30.3 Å². The van der Waals surface area contributed by atoms with E-state index in [-0.39, 0.29) is 23.7 Å². The molecule has 0 fully saturated rings. The van der Waals surface area contributed by atoms with Gasteiger partial charge in [-0.3, -0.25) is 9.59 Å². The second-order valence-electron chi connectivity index (χ2n) is 7.07.